The second kappa shape index (κ2) is 9.52. The molecule has 2 aromatic carbocycles. The van der Waals surface area contributed by atoms with E-state index in [1.807, 2.05) is 61.2 Å². The molecule has 0 radical (unpaired) electrons. The van der Waals surface area contributed by atoms with E-state index in [9.17, 15) is 13.2 Å². The predicted octanol–water partition coefficient (Wildman–Crippen LogP) is 1.97. The molecule has 1 saturated heterocycles. The fourth-order valence-corrected chi connectivity index (χ4v) is 5.23. The van der Waals surface area contributed by atoms with Gasteiger partial charge in [-0.15, -0.1) is 0 Å². The molecule has 1 fully saturated rings. The molecule has 29 heavy (non-hydrogen) atoms. The Balaban J connectivity index is 1.46. The molecule has 1 N–H and O–H groups in total. The van der Waals surface area contributed by atoms with Gasteiger partial charge in [-0.3, -0.25) is 9.69 Å². The van der Waals surface area contributed by atoms with E-state index in [1.54, 1.807) is 6.07 Å². The molecule has 1 heterocycles. The Bertz CT molecular complexity index is 937. The Morgan fingerprint density at radius 1 is 1.00 bits per heavy atom. The zero-order valence-corrected chi connectivity index (χ0v) is 17.9. The molecule has 1 amide bonds. The maximum absolute atomic E-state index is 13.0. The number of carbonyl (C=O) groups is 1. The first kappa shape index (κ1) is 21.5. The van der Waals surface area contributed by atoms with Crippen molar-refractivity contribution in [1.29, 1.82) is 0 Å². The maximum Gasteiger partial charge on any atom is 0.243 e. The number of benzene rings is 2. The molecular formula is C22H29N3O3S. The lowest BCUT2D eigenvalue weighted by atomic mass is 10.1. The maximum atomic E-state index is 13.0. The number of rotatable bonds is 7. The summed E-state index contributed by atoms with van der Waals surface area (Å²) in [7, 11) is -3.50. The smallest absolute Gasteiger partial charge is 0.243 e. The van der Waals surface area contributed by atoms with Gasteiger partial charge < -0.3 is 5.32 Å². The first-order valence-electron chi connectivity index (χ1n) is 9.96. The molecule has 0 aliphatic carbocycles. The van der Waals surface area contributed by atoms with Gasteiger partial charge in [0.2, 0.25) is 15.9 Å². The van der Waals surface area contributed by atoms with Gasteiger partial charge in [0.15, 0.2) is 0 Å². The predicted molar refractivity (Wildman–Crippen MR) is 114 cm³/mol. The highest BCUT2D eigenvalue weighted by molar-refractivity contribution is 7.89. The minimum Gasteiger partial charge on any atom is -0.355 e. The molecule has 0 saturated carbocycles. The van der Waals surface area contributed by atoms with Crippen molar-refractivity contribution in [3.05, 3.63) is 65.2 Å². The first-order chi connectivity index (χ1) is 13.9. The second-order valence-electron chi connectivity index (χ2n) is 7.53. The Morgan fingerprint density at radius 3 is 2.34 bits per heavy atom. The van der Waals surface area contributed by atoms with Crippen molar-refractivity contribution >= 4 is 15.9 Å². The summed E-state index contributed by atoms with van der Waals surface area (Å²) in [6, 6.07) is 15.4. The number of aryl methyl sites for hydroxylation is 2. The van der Waals surface area contributed by atoms with Gasteiger partial charge in [0.05, 0.1) is 11.4 Å². The van der Waals surface area contributed by atoms with E-state index in [2.05, 4.69) is 5.32 Å². The molecule has 2 aromatic rings. The van der Waals surface area contributed by atoms with E-state index in [-0.39, 0.29) is 5.91 Å². The van der Waals surface area contributed by atoms with Crippen LogP contribution in [0.15, 0.2) is 53.4 Å². The Kier molecular flexibility index (Phi) is 7.05. The fourth-order valence-electron chi connectivity index (χ4n) is 3.61. The number of nitrogens with zero attached hydrogens (tertiary/aromatic N) is 2. The van der Waals surface area contributed by atoms with E-state index in [1.165, 1.54) is 9.87 Å². The Labute approximate surface area is 173 Å². The number of carbonyl (C=O) groups excluding carboxylic acids is 1. The topological polar surface area (TPSA) is 69.7 Å². The van der Waals surface area contributed by atoms with Crippen LogP contribution in [0.4, 0.5) is 0 Å². The summed E-state index contributed by atoms with van der Waals surface area (Å²) in [6.07, 6.45) is 0.800. The van der Waals surface area contributed by atoms with Crippen molar-refractivity contribution in [1.82, 2.24) is 14.5 Å². The molecular weight excluding hydrogens is 386 g/mol. The summed E-state index contributed by atoms with van der Waals surface area (Å²) < 4.78 is 27.4. The number of hydrogen-bond acceptors (Lipinski definition) is 4. The summed E-state index contributed by atoms with van der Waals surface area (Å²) in [5.41, 5.74) is 3.01. The zero-order valence-electron chi connectivity index (χ0n) is 17.1. The lowest BCUT2D eigenvalue weighted by Gasteiger charge is -2.33. The second-order valence-corrected chi connectivity index (χ2v) is 9.44. The van der Waals surface area contributed by atoms with E-state index in [0.29, 0.717) is 44.2 Å². The van der Waals surface area contributed by atoms with Gasteiger partial charge >= 0.3 is 0 Å². The molecule has 3 rings (SSSR count). The largest absolute Gasteiger partial charge is 0.355 e. The zero-order chi connectivity index (χ0) is 20.9. The van der Waals surface area contributed by atoms with Gasteiger partial charge in [0.25, 0.3) is 0 Å². The summed E-state index contributed by atoms with van der Waals surface area (Å²) in [5, 5.41) is 2.95. The van der Waals surface area contributed by atoms with E-state index in [4.69, 9.17) is 0 Å². The molecule has 1 aliphatic heterocycles. The molecule has 0 aromatic heterocycles. The van der Waals surface area contributed by atoms with Crippen LogP contribution in [0.2, 0.25) is 0 Å². The van der Waals surface area contributed by atoms with E-state index >= 15 is 0 Å². The normalized spacial score (nSPS) is 15.9. The van der Waals surface area contributed by atoms with Crippen molar-refractivity contribution < 1.29 is 13.2 Å². The van der Waals surface area contributed by atoms with E-state index in [0.717, 1.165) is 17.5 Å². The minimum atomic E-state index is -3.50. The monoisotopic (exact) mass is 415 g/mol. The number of hydrogen-bond donors (Lipinski definition) is 1. The van der Waals surface area contributed by atoms with Crippen LogP contribution >= 0.6 is 0 Å². The average Bonchev–Trinajstić information content (AvgIpc) is 2.69. The van der Waals surface area contributed by atoms with Crippen LogP contribution in [-0.4, -0.2) is 62.8 Å². The number of amides is 1. The van der Waals surface area contributed by atoms with Gasteiger partial charge in [-0.25, -0.2) is 8.42 Å². The Hall–Kier alpha value is -2.22. The highest BCUT2D eigenvalue weighted by Gasteiger charge is 2.30. The Morgan fingerprint density at radius 2 is 1.69 bits per heavy atom. The van der Waals surface area contributed by atoms with Gasteiger partial charge in [-0.05, 0) is 37.5 Å². The van der Waals surface area contributed by atoms with E-state index < -0.39 is 10.0 Å². The van der Waals surface area contributed by atoms with Crippen molar-refractivity contribution in [2.75, 3.05) is 39.3 Å². The average molecular weight is 416 g/mol. The molecule has 0 bridgehead atoms. The quantitative estimate of drug-likeness (QED) is 0.751. The van der Waals surface area contributed by atoms with Crippen LogP contribution in [-0.2, 0) is 21.2 Å². The molecule has 7 heteroatoms. The lowest BCUT2D eigenvalue weighted by molar-refractivity contribution is -0.122. The number of sulfonamides is 1. The highest BCUT2D eigenvalue weighted by Crippen LogP contribution is 2.22. The van der Waals surface area contributed by atoms with Gasteiger partial charge in [0.1, 0.15) is 0 Å². The van der Waals surface area contributed by atoms with Crippen molar-refractivity contribution in [2.24, 2.45) is 0 Å². The highest BCUT2D eigenvalue weighted by atomic mass is 32.2. The third kappa shape index (κ3) is 5.65. The van der Waals surface area contributed by atoms with Crippen LogP contribution in [0.25, 0.3) is 0 Å². The first-order valence-corrected chi connectivity index (χ1v) is 11.4. The van der Waals surface area contributed by atoms with Gasteiger partial charge in [-0.1, -0.05) is 48.0 Å². The van der Waals surface area contributed by atoms with Gasteiger partial charge in [0, 0.05) is 32.7 Å². The standard InChI is InChI=1S/C22H29N3O3S/c1-18-8-9-21(19(2)16-18)29(27,28)25-14-12-24(13-15-25)17-22(26)23-11-10-20-6-4-3-5-7-20/h3-9,16H,10-15,17H2,1-2H3,(H,23,26). The minimum absolute atomic E-state index is 0.0217. The summed E-state index contributed by atoms with van der Waals surface area (Å²) in [4.78, 5) is 14.6. The van der Waals surface area contributed by atoms with Crippen molar-refractivity contribution in [3.63, 3.8) is 0 Å². The van der Waals surface area contributed by atoms with Crippen molar-refractivity contribution in [3.8, 4) is 0 Å². The van der Waals surface area contributed by atoms with Crippen molar-refractivity contribution in [2.45, 2.75) is 25.2 Å². The molecule has 1 aliphatic rings. The molecule has 0 spiro atoms. The summed E-state index contributed by atoms with van der Waals surface area (Å²) >= 11 is 0. The molecule has 0 atom stereocenters. The molecule has 0 unspecified atom stereocenters. The summed E-state index contributed by atoms with van der Waals surface area (Å²) in [6.45, 7) is 6.57. The third-order valence-corrected chi connectivity index (χ3v) is 7.28. The number of nitrogens with one attached hydrogen (secondary N) is 1. The lowest BCUT2D eigenvalue weighted by Crippen LogP contribution is -2.51. The van der Waals surface area contributed by atoms with Crippen LogP contribution in [0.1, 0.15) is 16.7 Å². The van der Waals surface area contributed by atoms with Crippen LogP contribution in [0.5, 0.6) is 0 Å². The molecule has 6 nitrogen and oxygen atoms in total. The van der Waals surface area contributed by atoms with Crippen LogP contribution in [0, 0.1) is 13.8 Å². The number of piperazine rings is 1. The third-order valence-electron chi connectivity index (χ3n) is 5.23. The summed E-state index contributed by atoms with van der Waals surface area (Å²) in [5.74, 6) is -0.0217. The van der Waals surface area contributed by atoms with Gasteiger partial charge in [-0.2, -0.15) is 4.31 Å². The molecule has 156 valence electrons. The van der Waals surface area contributed by atoms with Crippen LogP contribution in [0.3, 0.4) is 0 Å². The SMILES string of the molecule is Cc1ccc(S(=O)(=O)N2CCN(CC(=O)NCCc3ccccc3)CC2)c(C)c1. The fraction of sp³-hybridized carbons (Fsp3) is 0.409. The van der Waals surface area contributed by atoms with Crippen LogP contribution < -0.4 is 5.32 Å².